The molecular formula is C15H18N2O. The molecule has 1 aromatic heterocycles. The first-order valence-corrected chi connectivity index (χ1v) is 6.16. The van der Waals surface area contributed by atoms with Gasteiger partial charge in [0.25, 0.3) is 0 Å². The zero-order chi connectivity index (χ0) is 13.3. The van der Waals surface area contributed by atoms with Crippen LogP contribution in [0, 0.1) is 6.92 Å². The highest BCUT2D eigenvalue weighted by Crippen LogP contribution is 2.27. The number of benzene rings is 1. The minimum absolute atomic E-state index is 0.0855. The van der Waals surface area contributed by atoms with E-state index in [9.17, 15) is 4.79 Å². The van der Waals surface area contributed by atoms with Gasteiger partial charge in [0.15, 0.2) is 5.78 Å². The highest BCUT2D eigenvalue weighted by atomic mass is 16.1. The van der Waals surface area contributed by atoms with Crippen LogP contribution in [0.4, 0.5) is 0 Å². The van der Waals surface area contributed by atoms with Crippen LogP contribution in [0.2, 0.25) is 0 Å². The van der Waals surface area contributed by atoms with E-state index in [-0.39, 0.29) is 5.78 Å². The average molecular weight is 242 g/mol. The van der Waals surface area contributed by atoms with Crippen molar-refractivity contribution in [1.82, 2.24) is 9.78 Å². The summed E-state index contributed by atoms with van der Waals surface area (Å²) < 4.78 is 1.93. The lowest BCUT2D eigenvalue weighted by Gasteiger charge is -2.05. The Morgan fingerprint density at radius 2 is 1.89 bits per heavy atom. The maximum Gasteiger partial charge on any atom is 0.160 e. The number of Topliss-reactive ketones (excluding diaryl/α,β-unsaturated/α-hetero) is 1. The summed E-state index contributed by atoms with van der Waals surface area (Å²) in [4.78, 5) is 11.7. The third-order valence-corrected chi connectivity index (χ3v) is 3.04. The predicted molar refractivity (Wildman–Crippen MR) is 72.8 cm³/mol. The minimum atomic E-state index is 0.0855. The molecule has 1 heterocycles. The van der Waals surface area contributed by atoms with Crippen molar-refractivity contribution >= 4 is 5.78 Å². The Morgan fingerprint density at radius 3 is 2.44 bits per heavy atom. The second kappa shape index (κ2) is 4.77. The van der Waals surface area contributed by atoms with E-state index in [2.05, 4.69) is 18.9 Å². The van der Waals surface area contributed by atoms with Crippen LogP contribution in [0.1, 0.15) is 42.9 Å². The van der Waals surface area contributed by atoms with Crippen molar-refractivity contribution in [3.05, 3.63) is 41.7 Å². The number of rotatable bonds is 3. The van der Waals surface area contributed by atoms with E-state index in [1.165, 1.54) is 0 Å². The monoisotopic (exact) mass is 242 g/mol. The van der Waals surface area contributed by atoms with E-state index in [1.54, 1.807) is 6.92 Å². The van der Waals surface area contributed by atoms with Gasteiger partial charge in [-0.25, -0.2) is 0 Å². The van der Waals surface area contributed by atoms with Gasteiger partial charge in [0.1, 0.15) is 0 Å². The lowest BCUT2D eigenvalue weighted by Crippen LogP contribution is -2.00. The molecule has 0 atom stereocenters. The zero-order valence-corrected chi connectivity index (χ0v) is 11.3. The summed E-state index contributed by atoms with van der Waals surface area (Å²) in [6, 6.07) is 8.01. The van der Waals surface area contributed by atoms with Crippen molar-refractivity contribution in [3.63, 3.8) is 0 Å². The van der Waals surface area contributed by atoms with Crippen molar-refractivity contribution in [1.29, 1.82) is 0 Å². The standard InChI is InChI=1S/C15H18N2O/c1-10(2)17-9-15(11(3)16-17)14-8-6-5-7-13(14)12(4)18/h5-10H,1-4H3. The van der Waals surface area contributed by atoms with Gasteiger partial charge >= 0.3 is 0 Å². The molecule has 2 aromatic rings. The molecule has 3 nitrogen and oxygen atoms in total. The maximum atomic E-state index is 11.7. The van der Waals surface area contributed by atoms with Crippen LogP contribution in [0.15, 0.2) is 30.5 Å². The summed E-state index contributed by atoms with van der Waals surface area (Å²) in [7, 11) is 0. The fourth-order valence-corrected chi connectivity index (χ4v) is 2.04. The molecule has 2 rings (SSSR count). The number of carbonyl (C=O) groups excluding carboxylic acids is 1. The Morgan fingerprint density at radius 1 is 1.22 bits per heavy atom. The van der Waals surface area contributed by atoms with Crippen molar-refractivity contribution in [2.75, 3.05) is 0 Å². The van der Waals surface area contributed by atoms with Gasteiger partial charge in [-0.05, 0) is 33.3 Å². The number of hydrogen-bond acceptors (Lipinski definition) is 2. The first-order chi connectivity index (χ1) is 8.50. The number of ketones is 1. The largest absolute Gasteiger partial charge is 0.294 e. The molecule has 0 bridgehead atoms. The van der Waals surface area contributed by atoms with Gasteiger partial charge in [0.05, 0.1) is 5.69 Å². The minimum Gasteiger partial charge on any atom is -0.294 e. The van der Waals surface area contributed by atoms with Crippen LogP contribution in [0.25, 0.3) is 11.1 Å². The van der Waals surface area contributed by atoms with Gasteiger partial charge in [-0.3, -0.25) is 9.48 Å². The average Bonchev–Trinajstić information content (AvgIpc) is 2.71. The van der Waals surface area contributed by atoms with Gasteiger partial charge in [0, 0.05) is 23.4 Å². The fourth-order valence-electron chi connectivity index (χ4n) is 2.04. The summed E-state index contributed by atoms with van der Waals surface area (Å²) in [5.41, 5.74) is 3.71. The summed E-state index contributed by atoms with van der Waals surface area (Å²) in [5, 5.41) is 4.49. The second-order valence-electron chi connectivity index (χ2n) is 4.80. The van der Waals surface area contributed by atoms with Gasteiger partial charge in [0.2, 0.25) is 0 Å². The number of carbonyl (C=O) groups is 1. The van der Waals surface area contributed by atoms with Gasteiger partial charge in [-0.15, -0.1) is 0 Å². The van der Waals surface area contributed by atoms with Gasteiger partial charge in [-0.1, -0.05) is 24.3 Å². The molecule has 0 saturated carbocycles. The SMILES string of the molecule is CC(=O)c1ccccc1-c1cn(C(C)C)nc1C. The predicted octanol–water partition coefficient (Wildman–Crippen LogP) is 3.64. The van der Waals surface area contributed by atoms with E-state index >= 15 is 0 Å². The molecule has 0 aliphatic rings. The summed E-state index contributed by atoms with van der Waals surface area (Å²) in [6.45, 7) is 7.76. The first kappa shape index (κ1) is 12.6. The number of aromatic nitrogens is 2. The third kappa shape index (κ3) is 2.21. The molecule has 0 unspecified atom stereocenters. The fraction of sp³-hybridized carbons (Fsp3) is 0.333. The Labute approximate surface area is 107 Å². The van der Waals surface area contributed by atoms with E-state index in [0.29, 0.717) is 6.04 Å². The van der Waals surface area contributed by atoms with Crippen LogP contribution in [-0.4, -0.2) is 15.6 Å². The molecule has 0 fully saturated rings. The molecule has 0 spiro atoms. The molecule has 0 aliphatic heterocycles. The molecule has 0 aliphatic carbocycles. The maximum absolute atomic E-state index is 11.7. The van der Waals surface area contributed by atoms with Crippen molar-refractivity contribution in [3.8, 4) is 11.1 Å². The van der Waals surface area contributed by atoms with Crippen molar-refractivity contribution in [2.24, 2.45) is 0 Å². The van der Waals surface area contributed by atoms with Crippen LogP contribution >= 0.6 is 0 Å². The normalized spacial score (nSPS) is 10.9. The van der Waals surface area contributed by atoms with E-state index < -0.39 is 0 Å². The molecule has 0 saturated heterocycles. The summed E-state index contributed by atoms with van der Waals surface area (Å²) in [6.07, 6.45) is 2.02. The molecule has 0 amide bonds. The molecule has 1 aromatic carbocycles. The number of nitrogens with zero attached hydrogens (tertiary/aromatic N) is 2. The summed E-state index contributed by atoms with van der Waals surface area (Å²) >= 11 is 0. The Kier molecular flexibility index (Phi) is 3.32. The lowest BCUT2D eigenvalue weighted by molar-refractivity contribution is 0.101. The van der Waals surface area contributed by atoms with E-state index in [4.69, 9.17) is 0 Å². The first-order valence-electron chi connectivity index (χ1n) is 6.16. The van der Waals surface area contributed by atoms with Gasteiger partial charge in [-0.2, -0.15) is 5.10 Å². The van der Waals surface area contributed by atoms with Crippen LogP contribution in [0.5, 0.6) is 0 Å². The molecule has 94 valence electrons. The molecule has 3 heteroatoms. The number of hydrogen-bond donors (Lipinski definition) is 0. The third-order valence-electron chi connectivity index (χ3n) is 3.04. The van der Waals surface area contributed by atoms with Crippen molar-refractivity contribution < 1.29 is 4.79 Å². The quantitative estimate of drug-likeness (QED) is 0.770. The topological polar surface area (TPSA) is 34.9 Å². The van der Waals surface area contributed by atoms with Crippen molar-refractivity contribution in [2.45, 2.75) is 33.7 Å². The van der Waals surface area contributed by atoms with Gasteiger partial charge < -0.3 is 0 Å². The van der Waals surface area contributed by atoms with Crippen LogP contribution < -0.4 is 0 Å². The highest BCUT2D eigenvalue weighted by molar-refractivity contribution is 6.00. The second-order valence-corrected chi connectivity index (χ2v) is 4.80. The Hall–Kier alpha value is -1.90. The lowest BCUT2D eigenvalue weighted by atomic mass is 9.98. The van der Waals surface area contributed by atoms with Crippen LogP contribution in [0.3, 0.4) is 0 Å². The van der Waals surface area contributed by atoms with E-state index in [0.717, 1.165) is 22.4 Å². The Balaban J connectivity index is 2.58. The molecular weight excluding hydrogens is 224 g/mol. The zero-order valence-electron chi connectivity index (χ0n) is 11.3. The molecule has 0 N–H and O–H groups in total. The van der Waals surface area contributed by atoms with Crippen LogP contribution in [-0.2, 0) is 0 Å². The van der Waals surface area contributed by atoms with E-state index in [1.807, 2.05) is 42.1 Å². The summed E-state index contributed by atoms with van der Waals surface area (Å²) in [5.74, 6) is 0.0855. The smallest absolute Gasteiger partial charge is 0.160 e. The highest BCUT2D eigenvalue weighted by Gasteiger charge is 2.14. The Bertz CT molecular complexity index is 582. The number of aryl methyl sites for hydroxylation is 1. The molecule has 0 radical (unpaired) electrons. The molecule has 18 heavy (non-hydrogen) atoms.